The molecule has 0 saturated heterocycles. The molecule has 0 aliphatic carbocycles. The summed E-state index contributed by atoms with van der Waals surface area (Å²) >= 11 is 0. The SMILES string of the molecule is COc1cccc(-n2nnc(C(=O)N[C@@H](C)c3ccccc3)c2-c2ccncc2)c1. The minimum absolute atomic E-state index is 0.175. The van der Waals surface area contributed by atoms with E-state index in [0.717, 1.165) is 16.8 Å². The monoisotopic (exact) mass is 399 g/mol. The van der Waals surface area contributed by atoms with E-state index >= 15 is 0 Å². The molecule has 1 N–H and O–H groups in total. The molecule has 4 rings (SSSR count). The van der Waals surface area contributed by atoms with Crippen LogP contribution in [0.5, 0.6) is 5.75 Å². The quantitative estimate of drug-likeness (QED) is 0.533. The molecule has 0 aliphatic heterocycles. The smallest absolute Gasteiger partial charge is 0.274 e. The van der Waals surface area contributed by atoms with Crippen LogP contribution >= 0.6 is 0 Å². The van der Waals surface area contributed by atoms with Crippen LogP contribution in [0, 0.1) is 0 Å². The van der Waals surface area contributed by atoms with Crippen molar-refractivity contribution in [2.45, 2.75) is 13.0 Å². The number of pyridine rings is 1. The van der Waals surface area contributed by atoms with Crippen molar-refractivity contribution in [1.29, 1.82) is 0 Å². The Balaban J connectivity index is 1.75. The van der Waals surface area contributed by atoms with Crippen molar-refractivity contribution < 1.29 is 9.53 Å². The van der Waals surface area contributed by atoms with Crippen molar-refractivity contribution in [3.05, 3.63) is 90.4 Å². The lowest BCUT2D eigenvalue weighted by Gasteiger charge is -2.14. The summed E-state index contributed by atoms with van der Waals surface area (Å²) in [6.07, 6.45) is 3.35. The van der Waals surface area contributed by atoms with E-state index in [1.807, 2.05) is 73.7 Å². The zero-order valence-electron chi connectivity index (χ0n) is 16.7. The van der Waals surface area contributed by atoms with Gasteiger partial charge in [-0.05, 0) is 36.8 Å². The van der Waals surface area contributed by atoms with E-state index in [9.17, 15) is 4.79 Å². The van der Waals surface area contributed by atoms with Gasteiger partial charge in [-0.3, -0.25) is 9.78 Å². The number of carbonyl (C=O) groups excluding carboxylic acids is 1. The van der Waals surface area contributed by atoms with Gasteiger partial charge in [0.05, 0.1) is 18.8 Å². The van der Waals surface area contributed by atoms with Crippen LogP contribution in [-0.4, -0.2) is 33.0 Å². The second-order valence-corrected chi connectivity index (χ2v) is 6.74. The molecular formula is C23H21N5O2. The van der Waals surface area contributed by atoms with Crippen LogP contribution in [0.15, 0.2) is 79.1 Å². The highest BCUT2D eigenvalue weighted by Gasteiger charge is 2.23. The van der Waals surface area contributed by atoms with E-state index < -0.39 is 0 Å². The standard InChI is InChI=1S/C23H21N5O2/c1-16(17-7-4-3-5-8-17)25-23(29)21-22(18-11-13-24-14-12-18)28(27-26-21)19-9-6-10-20(15-19)30-2/h3-16H,1-2H3,(H,25,29)/t16-/m0/s1. The number of rotatable bonds is 6. The summed E-state index contributed by atoms with van der Waals surface area (Å²) in [4.78, 5) is 17.2. The molecule has 7 heteroatoms. The molecule has 2 aromatic heterocycles. The van der Waals surface area contributed by atoms with Gasteiger partial charge in [-0.2, -0.15) is 0 Å². The average Bonchev–Trinajstić information content (AvgIpc) is 3.25. The minimum atomic E-state index is -0.299. The molecule has 0 unspecified atom stereocenters. The molecule has 2 aromatic carbocycles. The van der Waals surface area contributed by atoms with Crippen LogP contribution in [0.2, 0.25) is 0 Å². The van der Waals surface area contributed by atoms with E-state index in [1.54, 1.807) is 24.2 Å². The highest BCUT2D eigenvalue weighted by Crippen LogP contribution is 2.27. The first-order valence-corrected chi connectivity index (χ1v) is 9.53. The summed E-state index contributed by atoms with van der Waals surface area (Å²) < 4.78 is 6.97. The minimum Gasteiger partial charge on any atom is -0.497 e. The first-order valence-electron chi connectivity index (χ1n) is 9.53. The lowest BCUT2D eigenvalue weighted by Crippen LogP contribution is -2.27. The molecular weight excluding hydrogens is 378 g/mol. The molecule has 30 heavy (non-hydrogen) atoms. The first-order chi connectivity index (χ1) is 14.7. The van der Waals surface area contributed by atoms with Crippen LogP contribution < -0.4 is 10.1 Å². The molecule has 0 aliphatic rings. The lowest BCUT2D eigenvalue weighted by atomic mass is 10.1. The highest BCUT2D eigenvalue weighted by molar-refractivity contribution is 5.98. The highest BCUT2D eigenvalue weighted by atomic mass is 16.5. The lowest BCUT2D eigenvalue weighted by molar-refractivity contribution is 0.0935. The molecule has 0 spiro atoms. The molecule has 0 saturated carbocycles. The molecule has 0 radical (unpaired) electrons. The largest absolute Gasteiger partial charge is 0.497 e. The predicted octanol–water partition coefficient (Wildman–Crippen LogP) is 3.83. The summed E-state index contributed by atoms with van der Waals surface area (Å²) in [5.41, 5.74) is 3.37. The molecule has 1 amide bonds. The van der Waals surface area contributed by atoms with Gasteiger partial charge in [-0.1, -0.05) is 41.6 Å². The van der Waals surface area contributed by atoms with E-state index in [-0.39, 0.29) is 17.6 Å². The fourth-order valence-corrected chi connectivity index (χ4v) is 3.22. The van der Waals surface area contributed by atoms with Gasteiger partial charge in [0.25, 0.3) is 5.91 Å². The van der Waals surface area contributed by atoms with Gasteiger partial charge in [-0.25, -0.2) is 4.68 Å². The Morgan fingerprint density at radius 1 is 1.03 bits per heavy atom. The van der Waals surface area contributed by atoms with Gasteiger partial charge >= 0.3 is 0 Å². The Kier molecular flexibility index (Phi) is 5.52. The number of benzene rings is 2. The summed E-state index contributed by atoms with van der Waals surface area (Å²) in [6, 6.07) is 20.7. The van der Waals surface area contributed by atoms with Crippen molar-refractivity contribution in [3.8, 4) is 22.7 Å². The maximum atomic E-state index is 13.1. The van der Waals surface area contributed by atoms with E-state index in [1.165, 1.54) is 0 Å². The number of hydrogen-bond acceptors (Lipinski definition) is 5. The number of nitrogens with zero attached hydrogens (tertiary/aromatic N) is 4. The van der Waals surface area contributed by atoms with Crippen LogP contribution in [-0.2, 0) is 0 Å². The molecule has 7 nitrogen and oxygen atoms in total. The second kappa shape index (κ2) is 8.57. The van der Waals surface area contributed by atoms with Crippen LogP contribution in [0.3, 0.4) is 0 Å². The molecule has 150 valence electrons. The zero-order chi connectivity index (χ0) is 20.9. The number of carbonyl (C=O) groups is 1. The third-order valence-corrected chi connectivity index (χ3v) is 4.78. The van der Waals surface area contributed by atoms with Crippen molar-refractivity contribution in [2.24, 2.45) is 0 Å². The number of amides is 1. The van der Waals surface area contributed by atoms with Gasteiger partial charge in [0.1, 0.15) is 11.4 Å². The molecule has 0 bridgehead atoms. The summed E-state index contributed by atoms with van der Waals surface area (Å²) in [7, 11) is 1.61. The fourth-order valence-electron chi connectivity index (χ4n) is 3.22. The second-order valence-electron chi connectivity index (χ2n) is 6.74. The van der Waals surface area contributed by atoms with E-state index in [0.29, 0.717) is 11.4 Å². The van der Waals surface area contributed by atoms with Crippen LogP contribution in [0.25, 0.3) is 16.9 Å². The van der Waals surface area contributed by atoms with Gasteiger partial charge in [0.2, 0.25) is 0 Å². The summed E-state index contributed by atoms with van der Waals surface area (Å²) in [5, 5.41) is 11.5. The molecule has 0 fully saturated rings. The summed E-state index contributed by atoms with van der Waals surface area (Å²) in [5.74, 6) is 0.389. The normalized spacial score (nSPS) is 11.7. The molecule has 4 aromatic rings. The topological polar surface area (TPSA) is 81.9 Å². The first kappa shape index (κ1) is 19.3. The van der Waals surface area contributed by atoms with Crippen LogP contribution in [0.1, 0.15) is 29.0 Å². The Labute approximate surface area is 174 Å². The maximum Gasteiger partial charge on any atom is 0.274 e. The third kappa shape index (κ3) is 3.91. The number of methoxy groups -OCH3 is 1. The Morgan fingerprint density at radius 3 is 2.53 bits per heavy atom. The molecule has 1 atom stereocenters. The predicted molar refractivity (Wildman–Crippen MR) is 113 cm³/mol. The average molecular weight is 399 g/mol. The van der Waals surface area contributed by atoms with Crippen molar-refractivity contribution in [3.63, 3.8) is 0 Å². The van der Waals surface area contributed by atoms with E-state index in [2.05, 4.69) is 20.6 Å². The summed E-state index contributed by atoms with van der Waals surface area (Å²) in [6.45, 7) is 1.94. The third-order valence-electron chi connectivity index (χ3n) is 4.78. The maximum absolute atomic E-state index is 13.1. The van der Waals surface area contributed by atoms with Crippen molar-refractivity contribution >= 4 is 5.91 Å². The number of hydrogen-bond donors (Lipinski definition) is 1. The molecule has 2 heterocycles. The van der Waals surface area contributed by atoms with Gasteiger partial charge in [0.15, 0.2) is 5.69 Å². The Hall–Kier alpha value is -4.00. The fraction of sp³-hybridized carbons (Fsp3) is 0.130. The van der Waals surface area contributed by atoms with Crippen molar-refractivity contribution in [2.75, 3.05) is 7.11 Å². The number of ether oxygens (including phenoxy) is 1. The zero-order valence-corrected chi connectivity index (χ0v) is 16.7. The Bertz CT molecular complexity index is 1140. The number of aromatic nitrogens is 4. The van der Waals surface area contributed by atoms with Gasteiger partial charge in [-0.15, -0.1) is 5.10 Å². The van der Waals surface area contributed by atoms with E-state index in [4.69, 9.17) is 4.74 Å². The Morgan fingerprint density at radius 2 is 1.80 bits per heavy atom. The number of nitrogens with one attached hydrogen (secondary N) is 1. The van der Waals surface area contributed by atoms with Gasteiger partial charge in [0, 0.05) is 24.0 Å². The van der Waals surface area contributed by atoms with Gasteiger partial charge < -0.3 is 10.1 Å². The van der Waals surface area contributed by atoms with Crippen LogP contribution in [0.4, 0.5) is 0 Å². The van der Waals surface area contributed by atoms with Crippen molar-refractivity contribution in [1.82, 2.24) is 25.3 Å².